The summed E-state index contributed by atoms with van der Waals surface area (Å²) >= 11 is 11.9. The predicted octanol–water partition coefficient (Wildman–Crippen LogP) is 4.12. The zero-order chi connectivity index (χ0) is 15.8. The Morgan fingerprint density at radius 2 is 1.77 bits per heavy atom. The lowest BCUT2D eigenvalue weighted by atomic mass is 10.1. The lowest BCUT2D eigenvalue weighted by Crippen LogP contribution is -2.29. The molecule has 1 amide bonds. The van der Waals surface area contributed by atoms with Gasteiger partial charge >= 0.3 is 0 Å². The van der Waals surface area contributed by atoms with Gasteiger partial charge in [-0.3, -0.25) is 4.79 Å². The molecule has 0 unspecified atom stereocenters. The summed E-state index contributed by atoms with van der Waals surface area (Å²) in [7, 11) is 0. The summed E-state index contributed by atoms with van der Waals surface area (Å²) in [6, 6.07) is 14.6. The molecule has 0 bridgehead atoms. The SMILES string of the molecule is O=C(COc1ccc(Cl)cc1)NCCCc1ccccc1Cl. The summed E-state index contributed by atoms with van der Waals surface area (Å²) in [4.78, 5) is 11.7. The lowest BCUT2D eigenvalue weighted by Gasteiger charge is -2.08. The zero-order valence-corrected chi connectivity index (χ0v) is 13.5. The van der Waals surface area contributed by atoms with Crippen molar-refractivity contribution in [2.45, 2.75) is 12.8 Å². The first-order valence-corrected chi connectivity index (χ1v) is 7.79. The molecule has 1 N–H and O–H groups in total. The monoisotopic (exact) mass is 337 g/mol. The topological polar surface area (TPSA) is 38.3 Å². The Morgan fingerprint density at radius 1 is 1.05 bits per heavy atom. The molecule has 22 heavy (non-hydrogen) atoms. The largest absolute Gasteiger partial charge is 0.484 e. The van der Waals surface area contributed by atoms with E-state index in [2.05, 4.69) is 5.32 Å². The van der Waals surface area contributed by atoms with Crippen molar-refractivity contribution >= 4 is 29.1 Å². The molecule has 0 atom stereocenters. The molecule has 0 aromatic heterocycles. The Kier molecular flexibility index (Phi) is 6.56. The smallest absolute Gasteiger partial charge is 0.257 e. The molecule has 0 saturated carbocycles. The van der Waals surface area contributed by atoms with Crippen molar-refractivity contribution in [3.05, 3.63) is 64.1 Å². The van der Waals surface area contributed by atoms with Gasteiger partial charge in [0.1, 0.15) is 5.75 Å². The molecular formula is C17H17Cl2NO2. The highest BCUT2D eigenvalue weighted by Gasteiger charge is 2.03. The second-order valence-electron chi connectivity index (χ2n) is 4.79. The van der Waals surface area contributed by atoms with Crippen LogP contribution in [0.4, 0.5) is 0 Å². The van der Waals surface area contributed by atoms with E-state index in [-0.39, 0.29) is 12.5 Å². The first kappa shape index (κ1) is 16.7. The highest BCUT2D eigenvalue weighted by molar-refractivity contribution is 6.31. The van der Waals surface area contributed by atoms with Crippen LogP contribution < -0.4 is 10.1 Å². The second kappa shape index (κ2) is 8.66. The number of halogens is 2. The third-order valence-electron chi connectivity index (χ3n) is 3.09. The lowest BCUT2D eigenvalue weighted by molar-refractivity contribution is -0.123. The van der Waals surface area contributed by atoms with Crippen LogP contribution in [0.15, 0.2) is 48.5 Å². The van der Waals surface area contributed by atoms with E-state index in [0.29, 0.717) is 17.3 Å². The molecule has 0 saturated heterocycles. The van der Waals surface area contributed by atoms with E-state index in [1.54, 1.807) is 24.3 Å². The molecule has 0 radical (unpaired) electrons. The molecule has 0 aliphatic rings. The quantitative estimate of drug-likeness (QED) is 0.771. The molecule has 0 heterocycles. The second-order valence-corrected chi connectivity index (χ2v) is 5.63. The summed E-state index contributed by atoms with van der Waals surface area (Å²) in [6.07, 6.45) is 1.66. The molecule has 0 aliphatic carbocycles. The van der Waals surface area contributed by atoms with E-state index in [9.17, 15) is 4.79 Å². The van der Waals surface area contributed by atoms with Crippen molar-refractivity contribution in [3.8, 4) is 5.75 Å². The van der Waals surface area contributed by atoms with Gasteiger partial charge in [0.05, 0.1) is 0 Å². The van der Waals surface area contributed by atoms with E-state index in [1.807, 2.05) is 24.3 Å². The maximum Gasteiger partial charge on any atom is 0.257 e. The first-order chi connectivity index (χ1) is 10.6. The number of benzene rings is 2. The Morgan fingerprint density at radius 3 is 2.50 bits per heavy atom. The molecule has 2 rings (SSSR count). The van der Waals surface area contributed by atoms with Gasteiger partial charge in [-0.15, -0.1) is 0 Å². The van der Waals surface area contributed by atoms with Gasteiger partial charge in [-0.1, -0.05) is 41.4 Å². The number of carbonyl (C=O) groups is 1. The number of rotatable bonds is 7. The Hall–Kier alpha value is -1.71. The van der Waals surface area contributed by atoms with Crippen LogP contribution in [0.2, 0.25) is 10.0 Å². The van der Waals surface area contributed by atoms with E-state index >= 15 is 0 Å². The Bertz CT molecular complexity index is 614. The summed E-state index contributed by atoms with van der Waals surface area (Å²) < 4.78 is 5.37. The maximum atomic E-state index is 11.7. The van der Waals surface area contributed by atoms with Gasteiger partial charge < -0.3 is 10.1 Å². The number of aryl methyl sites for hydroxylation is 1. The van der Waals surface area contributed by atoms with Gasteiger partial charge in [0.15, 0.2) is 6.61 Å². The molecular weight excluding hydrogens is 321 g/mol. The summed E-state index contributed by atoms with van der Waals surface area (Å²) in [6.45, 7) is 0.585. The van der Waals surface area contributed by atoms with Crippen molar-refractivity contribution in [1.82, 2.24) is 5.32 Å². The predicted molar refractivity (Wildman–Crippen MR) is 89.7 cm³/mol. The van der Waals surface area contributed by atoms with Gasteiger partial charge in [0.2, 0.25) is 0 Å². The number of hydrogen-bond acceptors (Lipinski definition) is 2. The highest BCUT2D eigenvalue weighted by Crippen LogP contribution is 2.16. The fraction of sp³-hybridized carbons (Fsp3) is 0.235. The van der Waals surface area contributed by atoms with Crippen molar-refractivity contribution in [3.63, 3.8) is 0 Å². The van der Waals surface area contributed by atoms with E-state index in [1.165, 1.54) is 0 Å². The van der Waals surface area contributed by atoms with Gasteiger partial charge in [-0.2, -0.15) is 0 Å². The van der Waals surface area contributed by atoms with Crippen LogP contribution in [0.5, 0.6) is 5.75 Å². The van der Waals surface area contributed by atoms with Crippen LogP contribution in [0.1, 0.15) is 12.0 Å². The third-order valence-corrected chi connectivity index (χ3v) is 3.71. The minimum absolute atomic E-state index is 0.00622. The van der Waals surface area contributed by atoms with Gasteiger partial charge in [-0.25, -0.2) is 0 Å². The van der Waals surface area contributed by atoms with Crippen molar-refractivity contribution in [2.75, 3.05) is 13.2 Å². The molecule has 3 nitrogen and oxygen atoms in total. The van der Waals surface area contributed by atoms with Crippen LogP contribution in [0.3, 0.4) is 0 Å². The zero-order valence-electron chi connectivity index (χ0n) is 12.0. The van der Waals surface area contributed by atoms with Gasteiger partial charge in [0, 0.05) is 16.6 Å². The maximum absolute atomic E-state index is 11.7. The van der Waals surface area contributed by atoms with Crippen LogP contribution in [0, 0.1) is 0 Å². The van der Waals surface area contributed by atoms with E-state index in [0.717, 1.165) is 23.4 Å². The number of carbonyl (C=O) groups excluding carboxylic acids is 1. The highest BCUT2D eigenvalue weighted by atomic mass is 35.5. The van der Waals surface area contributed by atoms with Crippen LogP contribution in [0.25, 0.3) is 0 Å². The van der Waals surface area contributed by atoms with Crippen molar-refractivity contribution < 1.29 is 9.53 Å². The molecule has 116 valence electrons. The molecule has 2 aromatic carbocycles. The summed E-state index contributed by atoms with van der Waals surface area (Å²) in [5.41, 5.74) is 1.09. The third kappa shape index (κ3) is 5.58. The normalized spacial score (nSPS) is 10.3. The van der Waals surface area contributed by atoms with Crippen molar-refractivity contribution in [1.29, 1.82) is 0 Å². The minimum atomic E-state index is -0.144. The van der Waals surface area contributed by atoms with Gasteiger partial charge in [-0.05, 0) is 48.7 Å². The standard InChI is InChI=1S/C17H17Cl2NO2/c18-14-7-9-15(10-8-14)22-12-17(21)20-11-3-5-13-4-1-2-6-16(13)19/h1-2,4,6-10H,3,5,11-12H2,(H,20,21). The number of amides is 1. The van der Waals surface area contributed by atoms with Crippen LogP contribution in [-0.4, -0.2) is 19.1 Å². The summed E-state index contributed by atoms with van der Waals surface area (Å²) in [5.74, 6) is 0.477. The Labute approximate surface area is 140 Å². The fourth-order valence-electron chi connectivity index (χ4n) is 1.94. The average molecular weight is 338 g/mol. The molecule has 0 fully saturated rings. The molecule has 2 aromatic rings. The summed E-state index contributed by atoms with van der Waals surface area (Å²) in [5, 5.41) is 4.22. The fourth-order valence-corrected chi connectivity index (χ4v) is 2.29. The van der Waals surface area contributed by atoms with Crippen LogP contribution in [-0.2, 0) is 11.2 Å². The number of hydrogen-bond donors (Lipinski definition) is 1. The average Bonchev–Trinajstić information content (AvgIpc) is 2.52. The van der Waals surface area contributed by atoms with E-state index in [4.69, 9.17) is 27.9 Å². The molecule has 0 spiro atoms. The van der Waals surface area contributed by atoms with Gasteiger partial charge in [0.25, 0.3) is 5.91 Å². The Balaban J connectivity index is 1.64. The molecule has 0 aliphatic heterocycles. The molecule has 5 heteroatoms. The van der Waals surface area contributed by atoms with Crippen LogP contribution >= 0.6 is 23.2 Å². The number of nitrogens with one attached hydrogen (secondary N) is 1. The van der Waals surface area contributed by atoms with E-state index < -0.39 is 0 Å². The first-order valence-electron chi connectivity index (χ1n) is 7.03. The van der Waals surface area contributed by atoms with Crippen molar-refractivity contribution in [2.24, 2.45) is 0 Å². The number of ether oxygens (including phenoxy) is 1. The minimum Gasteiger partial charge on any atom is -0.484 e.